The molecule has 1 aromatic heterocycles. The number of carbonyl (C=O) groups is 1. The summed E-state index contributed by atoms with van der Waals surface area (Å²) in [6, 6.07) is 18.5. The average Bonchev–Trinajstić information content (AvgIpc) is 2.73. The van der Waals surface area contributed by atoms with Gasteiger partial charge in [0.25, 0.3) is 5.91 Å². The summed E-state index contributed by atoms with van der Waals surface area (Å²) in [5.74, 6) is 2.00. The van der Waals surface area contributed by atoms with Crippen LogP contribution in [0.3, 0.4) is 0 Å². The second-order valence-corrected chi connectivity index (χ2v) is 6.20. The van der Waals surface area contributed by atoms with Crippen LogP contribution in [0.25, 0.3) is 0 Å². The summed E-state index contributed by atoms with van der Waals surface area (Å²) >= 11 is 0. The predicted octanol–water partition coefficient (Wildman–Crippen LogP) is 4.14. The number of pyridine rings is 1. The van der Waals surface area contributed by atoms with Gasteiger partial charge in [-0.1, -0.05) is 17.7 Å². The van der Waals surface area contributed by atoms with E-state index in [1.807, 2.05) is 55.5 Å². The quantitative estimate of drug-likeness (QED) is 0.577. The summed E-state index contributed by atoms with van der Waals surface area (Å²) in [5, 5.41) is 6.04. The number of aromatic nitrogens is 1. The lowest BCUT2D eigenvalue weighted by Gasteiger charge is -2.10. The van der Waals surface area contributed by atoms with Crippen LogP contribution in [0.2, 0.25) is 0 Å². The molecule has 0 radical (unpaired) electrons. The van der Waals surface area contributed by atoms with Gasteiger partial charge >= 0.3 is 0 Å². The highest BCUT2D eigenvalue weighted by Crippen LogP contribution is 2.17. The molecule has 0 fully saturated rings. The Kier molecular flexibility index (Phi) is 6.46. The zero-order chi connectivity index (χ0) is 19.8. The lowest BCUT2D eigenvalue weighted by molar-refractivity contribution is 0.102. The summed E-state index contributed by atoms with van der Waals surface area (Å²) in [4.78, 5) is 16.7. The number of nitrogens with one attached hydrogen (secondary N) is 2. The monoisotopic (exact) mass is 377 g/mol. The Morgan fingerprint density at radius 3 is 2.43 bits per heavy atom. The Morgan fingerprint density at radius 2 is 1.71 bits per heavy atom. The van der Waals surface area contributed by atoms with Crippen LogP contribution in [0, 0.1) is 6.92 Å². The third-order valence-corrected chi connectivity index (χ3v) is 4.07. The fourth-order valence-electron chi connectivity index (χ4n) is 2.53. The first-order valence-corrected chi connectivity index (χ1v) is 8.99. The maximum absolute atomic E-state index is 12.4. The van der Waals surface area contributed by atoms with Crippen molar-refractivity contribution in [3.8, 4) is 11.5 Å². The smallest absolute Gasteiger partial charge is 0.255 e. The molecule has 3 rings (SSSR count). The number of ether oxygens (including phenoxy) is 2. The van der Waals surface area contributed by atoms with E-state index < -0.39 is 0 Å². The molecule has 0 aliphatic carbocycles. The summed E-state index contributed by atoms with van der Waals surface area (Å²) < 4.78 is 10.8. The van der Waals surface area contributed by atoms with Crippen LogP contribution >= 0.6 is 0 Å². The SMILES string of the molecule is COc1ccc(OCCNc2cc(C(=O)Nc3ccc(C)cc3)ccn2)cc1. The van der Waals surface area contributed by atoms with Crippen molar-refractivity contribution in [2.24, 2.45) is 0 Å². The first-order chi connectivity index (χ1) is 13.6. The minimum atomic E-state index is -0.177. The van der Waals surface area contributed by atoms with E-state index in [4.69, 9.17) is 9.47 Å². The third-order valence-electron chi connectivity index (χ3n) is 4.07. The number of rotatable bonds is 8. The van der Waals surface area contributed by atoms with Crippen molar-refractivity contribution in [3.63, 3.8) is 0 Å². The van der Waals surface area contributed by atoms with Crippen LogP contribution in [0.4, 0.5) is 11.5 Å². The maximum atomic E-state index is 12.4. The van der Waals surface area contributed by atoms with Gasteiger partial charge in [-0.3, -0.25) is 4.79 Å². The molecule has 2 N–H and O–H groups in total. The number of hydrogen-bond donors (Lipinski definition) is 2. The van der Waals surface area contributed by atoms with Gasteiger partial charge in [-0.15, -0.1) is 0 Å². The number of methoxy groups -OCH3 is 1. The molecule has 1 heterocycles. The van der Waals surface area contributed by atoms with Crippen molar-refractivity contribution in [1.82, 2.24) is 4.98 Å². The molecule has 6 nitrogen and oxygen atoms in total. The van der Waals surface area contributed by atoms with E-state index in [-0.39, 0.29) is 5.91 Å². The first kappa shape index (κ1) is 19.2. The van der Waals surface area contributed by atoms with E-state index >= 15 is 0 Å². The van der Waals surface area contributed by atoms with Crippen molar-refractivity contribution < 1.29 is 14.3 Å². The van der Waals surface area contributed by atoms with E-state index in [1.54, 1.807) is 25.4 Å². The normalized spacial score (nSPS) is 10.2. The lowest BCUT2D eigenvalue weighted by atomic mass is 10.2. The highest BCUT2D eigenvalue weighted by atomic mass is 16.5. The molecule has 0 unspecified atom stereocenters. The van der Waals surface area contributed by atoms with E-state index in [2.05, 4.69) is 15.6 Å². The second-order valence-electron chi connectivity index (χ2n) is 6.20. The molecule has 1 amide bonds. The largest absolute Gasteiger partial charge is 0.497 e. The fraction of sp³-hybridized carbons (Fsp3) is 0.182. The molecule has 0 bridgehead atoms. The van der Waals surface area contributed by atoms with Crippen LogP contribution in [0.1, 0.15) is 15.9 Å². The number of amides is 1. The van der Waals surface area contributed by atoms with Gasteiger partial charge in [0, 0.05) is 17.4 Å². The number of anilines is 2. The van der Waals surface area contributed by atoms with Gasteiger partial charge in [0.05, 0.1) is 13.7 Å². The molecular formula is C22H23N3O3. The van der Waals surface area contributed by atoms with Crippen LogP contribution in [0.15, 0.2) is 66.9 Å². The lowest BCUT2D eigenvalue weighted by Crippen LogP contribution is -2.15. The summed E-state index contributed by atoms with van der Waals surface area (Å²) in [6.07, 6.45) is 1.61. The summed E-state index contributed by atoms with van der Waals surface area (Å²) in [7, 11) is 1.63. The molecule has 0 atom stereocenters. The number of aryl methyl sites for hydroxylation is 1. The predicted molar refractivity (Wildman–Crippen MR) is 110 cm³/mol. The fourth-order valence-corrected chi connectivity index (χ4v) is 2.53. The third kappa shape index (κ3) is 5.48. The summed E-state index contributed by atoms with van der Waals surface area (Å²) in [6.45, 7) is 3.03. The van der Waals surface area contributed by atoms with Gasteiger partial charge in [-0.2, -0.15) is 0 Å². The molecule has 0 aliphatic rings. The molecule has 144 valence electrons. The molecule has 2 aromatic carbocycles. The number of benzene rings is 2. The Hall–Kier alpha value is -3.54. The summed E-state index contributed by atoms with van der Waals surface area (Å²) in [5.41, 5.74) is 2.44. The molecule has 0 aliphatic heterocycles. The van der Waals surface area contributed by atoms with Crippen molar-refractivity contribution in [2.45, 2.75) is 6.92 Å². The van der Waals surface area contributed by atoms with Gasteiger partial charge in [-0.05, 0) is 55.5 Å². The van der Waals surface area contributed by atoms with Crippen molar-refractivity contribution in [2.75, 3.05) is 30.9 Å². The standard InChI is InChI=1S/C22H23N3O3/c1-16-3-5-18(6-4-16)25-22(26)17-11-12-23-21(15-17)24-13-14-28-20-9-7-19(27-2)8-10-20/h3-12,15H,13-14H2,1-2H3,(H,23,24)(H,25,26). The van der Waals surface area contributed by atoms with Crippen molar-refractivity contribution in [3.05, 3.63) is 78.0 Å². The first-order valence-electron chi connectivity index (χ1n) is 8.99. The molecule has 0 saturated heterocycles. The zero-order valence-electron chi connectivity index (χ0n) is 15.9. The van der Waals surface area contributed by atoms with Crippen molar-refractivity contribution >= 4 is 17.4 Å². The minimum Gasteiger partial charge on any atom is -0.497 e. The number of carbonyl (C=O) groups excluding carboxylic acids is 1. The molecule has 6 heteroatoms. The van der Waals surface area contributed by atoms with Gasteiger partial charge in [0.1, 0.15) is 23.9 Å². The van der Waals surface area contributed by atoms with Crippen molar-refractivity contribution in [1.29, 1.82) is 0 Å². The Balaban J connectivity index is 1.49. The van der Waals surface area contributed by atoms with Gasteiger partial charge < -0.3 is 20.1 Å². The average molecular weight is 377 g/mol. The molecule has 0 saturated carbocycles. The van der Waals surface area contributed by atoms with Gasteiger partial charge in [0.2, 0.25) is 0 Å². The topological polar surface area (TPSA) is 72.5 Å². The van der Waals surface area contributed by atoms with Gasteiger partial charge in [-0.25, -0.2) is 4.98 Å². The van der Waals surface area contributed by atoms with E-state index in [1.165, 1.54) is 0 Å². The van der Waals surface area contributed by atoms with E-state index in [0.29, 0.717) is 24.5 Å². The van der Waals surface area contributed by atoms with E-state index in [0.717, 1.165) is 22.7 Å². The highest BCUT2D eigenvalue weighted by molar-refractivity contribution is 6.04. The Labute approximate surface area is 164 Å². The number of nitrogens with zero attached hydrogens (tertiary/aromatic N) is 1. The van der Waals surface area contributed by atoms with Gasteiger partial charge in [0.15, 0.2) is 0 Å². The molecule has 0 spiro atoms. The maximum Gasteiger partial charge on any atom is 0.255 e. The van der Waals surface area contributed by atoms with E-state index in [9.17, 15) is 4.79 Å². The molecule has 28 heavy (non-hydrogen) atoms. The highest BCUT2D eigenvalue weighted by Gasteiger charge is 2.07. The van der Waals surface area contributed by atoms with Crippen LogP contribution in [-0.2, 0) is 0 Å². The minimum absolute atomic E-state index is 0.177. The Morgan fingerprint density at radius 1 is 1.00 bits per heavy atom. The van der Waals surface area contributed by atoms with Crippen LogP contribution in [0.5, 0.6) is 11.5 Å². The second kappa shape index (κ2) is 9.41. The zero-order valence-corrected chi connectivity index (χ0v) is 15.9. The van der Waals surface area contributed by atoms with Crippen LogP contribution in [-0.4, -0.2) is 31.2 Å². The molecule has 3 aromatic rings. The molecular weight excluding hydrogens is 354 g/mol. The number of hydrogen-bond acceptors (Lipinski definition) is 5. The van der Waals surface area contributed by atoms with Crippen LogP contribution < -0.4 is 20.1 Å². The Bertz CT molecular complexity index is 909.